The van der Waals surface area contributed by atoms with Crippen LogP contribution < -0.4 is 0 Å². The molecule has 2 unspecified atom stereocenters. The van der Waals surface area contributed by atoms with Gasteiger partial charge in [-0.2, -0.15) is 0 Å². The third kappa shape index (κ3) is 1.82. The minimum absolute atomic E-state index is 0.0470. The van der Waals surface area contributed by atoms with Gasteiger partial charge in [0.2, 0.25) is 11.8 Å². The van der Waals surface area contributed by atoms with Crippen LogP contribution in [0.5, 0.6) is 0 Å². The van der Waals surface area contributed by atoms with Gasteiger partial charge >= 0.3 is 0 Å². The van der Waals surface area contributed by atoms with Crippen LogP contribution in [0, 0.1) is 13.8 Å². The fourth-order valence-electron chi connectivity index (χ4n) is 3.40. The molecule has 6 heteroatoms. The average Bonchev–Trinajstić information content (AvgIpc) is 3.01. The Bertz CT molecular complexity index is 547. The molecule has 2 amide bonds. The fraction of sp³-hybridized carbons (Fsp3) is 0.643. The van der Waals surface area contributed by atoms with Crippen LogP contribution in [-0.4, -0.2) is 45.9 Å². The minimum atomic E-state index is -0.265. The molecule has 0 N–H and O–H groups in total. The molecule has 2 aliphatic heterocycles. The predicted molar refractivity (Wildman–Crippen MR) is 70.8 cm³/mol. The van der Waals surface area contributed by atoms with E-state index in [-0.39, 0.29) is 30.4 Å². The van der Waals surface area contributed by atoms with E-state index in [1.165, 1.54) is 0 Å². The summed E-state index contributed by atoms with van der Waals surface area (Å²) < 4.78 is 5.17. The van der Waals surface area contributed by atoms with E-state index >= 15 is 0 Å². The SMILES string of the molecule is Cc1noc(C)c1C(C)N1CC(=O)N2CCCC2C1=O. The summed E-state index contributed by atoms with van der Waals surface area (Å²) in [4.78, 5) is 28.2. The number of carbonyl (C=O) groups excluding carboxylic acids is 2. The summed E-state index contributed by atoms with van der Waals surface area (Å²) in [5, 5.41) is 3.93. The third-order valence-electron chi connectivity index (χ3n) is 4.42. The summed E-state index contributed by atoms with van der Waals surface area (Å²) in [6.07, 6.45) is 1.69. The van der Waals surface area contributed by atoms with Gasteiger partial charge in [-0.1, -0.05) is 5.16 Å². The van der Waals surface area contributed by atoms with Crippen LogP contribution >= 0.6 is 0 Å². The van der Waals surface area contributed by atoms with Crippen LogP contribution in [0.3, 0.4) is 0 Å². The van der Waals surface area contributed by atoms with E-state index in [4.69, 9.17) is 4.52 Å². The quantitative estimate of drug-likeness (QED) is 0.814. The molecule has 3 heterocycles. The van der Waals surface area contributed by atoms with Crippen molar-refractivity contribution in [1.29, 1.82) is 0 Å². The lowest BCUT2D eigenvalue weighted by Gasteiger charge is -2.39. The molecule has 0 aromatic carbocycles. The van der Waals surface area contributed by atoms with Gasteiger partial charge in [-0.15, -0.1) is 0 Å². The van der Waals surface area contributed by atoms with Gasteiger partial charge in [0.15, 0.2) is 0 Å². The van der Waals surface area contributed by atoms with Gasteiger partial charge in [-0.3, -0.25) is 9.59 Å². The lowest BCUT2D eigenvalue weighted by atomic mass is 10.0. The van der Waals surface area contributed by atoms with Crippen molar-refractivity contribution < 1.29 is 14.1 Å². The van der Waals surface area contributed by atoms with E-state index in [2.05, 4.69) is 5.16 Å². The maximum atomic E-state index is 12.6. The Balaban J connectivity index is 1.90. The predicted octanol–water partition coefficient (Wildman–Crippen LogP) is 1.19. The smallest absolute Gasteiger partial charge is 0.246 e. The second kappa shape index (κ2) is 4.61. The lowest BCUT2D eigenvalue weighted by molar-refractivity contribution is -0.155. The van der Waals surface area contributed by atoms with E-state index in [9.17, 15) is 9.59 Å². The van der Waals surface area contributed by atoms with Crippen molar-refractivity contribution in [1.82, 2.24) is 15.0 Å². The van der Waals surface area contributed by atoms with Gasteiger partial charge in [-0.05, 0) is 33.6 Å². The highest BCUT2D eigenvalue weighted by Gasteiger charge is 2.44. The number of aryl methyl sites for hydroxylation is 2. The molecule has 2 aliphatic rings. The van der Waals surface area contributed by atoms with Gasteiger partial charge in [0.05, 0.1) is 11.7 Å². The number of hydrogen-bond donors (Lipinski definition) is 0. The van der Waals surface area contributed by atoms with Crippen molar-refractivity contribution in [3.8, 4) is 0 Å². The normalized spacial score (nSPS) is 24.2. The zero-order valence-electron chi connectivity index (χ0n) is 12.0. The van der Waals surface area contributed by atoms with Crippen molar-refractivity contribution >= 4 is 11.8 Å². The monoisotopic (exact) mass is 277 g/mol. The molecule has 0 saturated carbocycles. The third-order valence-corrected chi connectivity index (χ3v) is 4.42. The van der Waals surface area contributed by atoms with Gasteiger partial charge in [0, 0.05) is 12.1 Å². The number of carbonyl (C=O) groups is 2. The Hall–Kier alpha value is -1.85. The van der Waals surface area contributed by atoms with Gasteiger partial charge < -0.3 is 14.3 Å². The van der Waals surface area contributed by atoms with Crippen molar-refractivity contribution in [2.45, 2.75) is 45.7 Å². The van der Waals surface area contributed by atoms with Gasteiger partial charge in [0.25, 0.3) is 0 Å². The number of piperazine rings is 1. The Morgan fingerprint density at radius 2 is 2.10 bits per heavy atom. The molecule has 3 rings (SSSR count). The first kappa shape index (κ1) is 13.1. The molecule has 0 radical (unpaired) electrons. The van der Waals surface area contributed by atoms with E-state index < -0.39 is 0 Å². The maximum Gasteiger partial charge on any atom is 0.246 e. The van der Waals surface area contributed by atoms with E-state index in [0.29, 0.717) is 12.3 Å². The lowest BCUT2D eigenvalue weighted by Crippen LogP contribution is -2.57. The Morgan fingerprint density at radius 1 is 1.35 bits per heavy atom. The van der Waals surface area contributed by atoms with Crippen molar-refractivity contribution in [3.63, 3.8) is 0 Å². The molecule has 1 aromatic heterocycles. The summed E-state index contributed by atoms with van der Waals surface area (Å²) in [6, 6.07) is -0.445. The summed E-state index contributed by atoms with van der Waals surface area (Å²) in [7, 11) is 0. The second-order valence-electron chi connectivity index (χ2n) is 5.63. The zero-order chi connectivity index (χ0) is 14.4. The van der Waals surface area contributed by atoms with Crippen LogP contribution in [0.15, 0.2) is 4.52 Å². The number of amides is 2. The van der Waals surface area contributed by atoms with Crippen LogP contribution in [0.2, 0.25) is 0 Å². The molecule has 2 atom stereocenters. The zero-order valence-corrected chi connectivity index (χ0v) is 12.0. The molecule has 6 nitrogen and oxygen atoms in total. The first-order chi connectivity index (χ1) is 9.50. The molecule has 0 bridgehead atoms. The van der Waals surface area contributed by atoms with Crippen molar-refractivity contribution in [3.05, 3.63) is 17.0 Å². The maximum absolute atomic E-state index is 12.6. The molecule has 0 spiro atoms. The standard InChI is InChI=1S/C14H19N3O3/c1-8-13(10(3)20-15-8)9(2)17-7-12(18)16-6-4-5-11(16)14(17)19/h9,11H,4-7H2,1-3H3. The molecule has 0 aliphatic carbocycles. The molecule has 20 heavy (non-hydrogen) atoms. The highest BCUT2D eigenvalue weighted by molar-refractivity contribution is 5.95. The molecule has 108 valence electrons. The van der Waals surface area contributed by atoms with E-state index in [1.807, 2.05) is 20.8 Å². The van der Waals surface area contributed by atoms with Crippen molar-refractivity contribution in [2.24, 2.45) is 0 Å². The van der Waals surface area contributed by atoms with Gasteiger partial charge in [0.1, 0.15) is 18.3 Å². The van der Waals surface area contributed by atoms with Crippen LogP contribution in [-0.2, 0) is 9.59 Å². The number of rotatable bonds is 2. The first-order valence-corrected chi connectivity index (χ1v) is 7.03. The van der Waals surface area contributed by atoms with Gasteiger partial charge in [-0.25, -0.2) is 0 Å². The minimum Gasteiger partial charge on any atom is -0.361 e. The fourth-order valence-corrected chi connectivity index (χ4v) is 3.40. The summed E-state index contributed by atoms with van der Waals surface area (Å²) in [5.74, 6) is 0.810. The number of fused-ring (bicyclic) bond motifs is 1. The molecule has 2 fully saturated rings. The number of hydrogen-bond acceptors (Lipinski definition) is 4. The first-order valence-electron chi connectivity index (χ1n) is 7.03. The number of nitrogens with zero attached hydrogens (tertiary/aromatic N) is 3. The topological polar surface area (TPSA) is 66.7 Å². The van der Waals surface area contributed by atoms with Crippen LogP contribution in [0.1, 0.15) is 42.8 Å². The largest absolute Gasteiger partial charge is 0.361 e. The summed E-state index contributed by atoms with van der Waals surface area (Å²) in [5.41, 5.74) is 1.70. The second-order valence-corrected chi connectivity index (χ2v) is 5.63. The van der Waals surface area contributed by atoms with Crippen LogP contribution in [0.4, 0.5) is 0 Å². The van der Waals surface area contributed by atoms with E-state index in [1.54, 1.807) is 9.80 Å². The van der Waals surface area contributed by atoms with Crippen LogP contribution in [0.25, 0.3) is 0 Å². The average molecular weight is 277 g/mol. The van der Waals surface area contributed by atoms with E-state index in [0.717, 1.165) is 24.1 Å². The summed E-state index contributed by atoms with van der Waals surface area (Å²) in [6.45, 7) is 6.50. The molecule has 1 aromatic rings. The van der Waals surface area contributed by atoms with Crippen molar-refractivity contribution in [2.75, 3.05) is 13.1 Å². The highest BCUT2D eigenvalue weighted by atomic mass is 16.5. The molecular formula is C14H19N3O3. The number of aromatic nitrogens is 1. The highest BCUT2D eigenvalue weighted by Crippen LogP contribution is 2.32. The Morgan fingerprint density at radius 3 is 2.75 bits per heavy atom. The Labute approximate surface area is 117 Å². The molecular weight excluding hydrogens is 258 g/mol. The molecule has 2 saturated heterocycles. The summed E-state index contributed by atoms with van der Waals surface area (Å²) >= 11 is 0. The Kier molecular flexibility index (Phi) is 3.03.